The second-order valence-corrected chi connectivity index (χ2v) is 7.76. The van der Waals surface area contributed by atoms with Crippen LogP contribution in [0.2, 0.25) is 10.0 Å². The highest BCUT2D eigenvalue weighted by molar-refractivity contribution is 6.55. The molecule has 0 N–H and O–H groups in total. The number of ether oxygens (including phenoxy) is 4. The number of carbonyl (C=O) groups is 1. The normalized spacial score (nSPS) is 11.0. The summed E-state index contributed by atoms with van der Waals surface area (Å²) in [5, 5.41) is 0.350. The number of esters is 1. The first-order valence-corrected chi connectivity index (χ1v) is 10.3. The number of hydrogen-bond acceptors (Lipinski definition) is 5. The molecule has 0 aliphatic carbocycles. The van der Waals surface area contributed by atoms with Crippen LogP contribution in [0.5, 0.6) is 17.2 Å². The van der Waals surface area contributed by atoms with Gasteiger partial charge in [-0.25, -0.2) is 4.79 Å². The first kappa shape index (κ1) is 26.3. The highest BCUT2D eigenvalue weighted by atomic mass is 35.5. The Kier molecular flexibility index (Phi) is 10.1. The number of rotatable bonds is 10. The van der Waals surface area contributed by atoms with E-state index in [0.29, 0.717) is 5.75 Å². The van der Waals surface area contributed by atoms with Gasteiger partial charge >= 0.3 is 12.1 Å². The van der Waals surface area contributed by atoms with Gasteiger partial charge < -0.3 is 18.9 Å². The summed E-state index contributed by atoms with van der Waals surface area (Å²) in [5.74, 6) is -0.176. The van der Waals surface area contributed by atoms with Gasteiger partial charge in [0.05, 0.1) is 15.6 Å². The lowest BCUT2D eigenvalue weighted by molar-refractivity contribution is -0.153. The third kappa shape index (κ3) is 9.24. The van der Waals surface area contributed by atoms with Crippen molar-refractivity contribution in [1.29, 1.82) is 0 Å². The maximum absolute atomic E-state index is 12.1. The third-order valence-corrected chi connectivity index (χ3v) is 4.38. The largest absolute Gasteiger partial charge is 0.489 e. The summed E-state index contributed by atoms with van der Waals surface area (Å²) in [6.45, 7) is -1.50. The summed E-state index contributed by atoms with van der Waals surface area (Å²) >= 11 is 23.3. The van der Waals surface area contributed by atoms with E-state index in [4.69, 9.17) is 60.6 Å². The predicted molar refractivity (Wildman–Crippen MR) is 116 cm³/mol. The van der Waals surface area contributed by atoms with Crippen molar-refractivity contribution in [3.63, 3.8) is 0 Å². The fourth-order valence-electron chi connectivity index (χ4n) is 2.17. The molecule has 0 fully saturated rings. The monoisotopic (exact) mass is 532 g/mol. The zero-order chi connectivity index (χ0) is 23.7. The van der Waals surface area contributed by atoms with E-state index in [0.717, 1.165) is 0 Å². The van der Waals surface area contributed by atoms with E-state index < -0.39 is 18.8 Å². The lowest BCUT2D eigenvalue weighted by atomic mass is 10.2. The van der Waals surface area contributed by atoms with E-state index in [1.54, 1.807) is 0 Å². The minimum absolute atomic E-state index is 0.0271. The number of halogens is 7. The van der Waals surface area contributed by atoms with Crippen LogP contribution < -0.4 is 14.2 Å². The van der Waals surface area contributed by atoms with Gasteiger partial charge in [-0.3, -0.25) is 0 Å². The van der Waals surface area contributed by atoms with Crippen molar-refractivity contribution in [3.05, 3.63) is 62.6 Å². The van der Waals surface area contributed by atoms with Crippen LogP contribution in [0.1, 0.15) is 10.4 Å². The van der Waals surface area contributed by atoms with Gasteiger partial charge in [-0.15, -0.1) is 0 Å². The molecule has 0 atom stereocenters. The summed E-state index contributed by atoms with van der Waals surface area (Å²) in [4.78, 5) is 12.0. The van der Waals surface area contributed by atoms with Gasteiger partial charge in [0.15, 0.2) is 12.4 Å². The van der Waals surface area contributed by atoms with E-state index in [9.17, 15) is 18.0 Å². The summed E-state index contributed by atoms with van der Waals surface area (Å²) in [7, 11) is 0. The maximum atomic E-state index is 12.1. The smallest absolute Gasteiger partial charge is 0.422 e. The Balaban J connectivity index is 1.81. The SMILES string of the molecule is O=C(OCCOc1c(Cl)cc(OCC=C(Cl)Cl)cc1Cl)c1ccc(OCC(F)(F)F)cc1. The van der Waals surface area contributed by atoms with E-state index in [1.165, 1.54) is 42.5 Å². The van der Waals surface area contributed by atoms with Gasteiger partial charge in [-0.1, -0.05) is 46.4 Å². The molecule has 2 aromatic rings. The lowest BCUT2D eigenvalue weighted by Gasteiger charge is -2.12. The zero-order valence-corrected chi connectivity index (χ0v) is 19.1. The minimum atomic E-state index is -4.45. The van der Waals surface area contributed by atoms with Gasteiger partial charge in [-0.2, -0.15) is 13.2 Å². The molecule has 32 heavy (non-hydrogen) atoms. The van der Waals surface area contributed by atoms with Gasteiger partial charge in [0.2, 0.25) is 0 Å². The van der Waals surface area contributed by atoms with Crippen LogP contribution in [0, 0.1) is 0 Å². The molecule has 0 saturated carbocycles. The third-order valence-electron chi connectivity index (χ3n) is 3.51. The fraction of sp³-hybridized carbons (Fsp3) is 0.250. The van der Waals surface area contributed by atoms with Gasteiger partial charge in [0, 0.05) is 12.1 Å². The van der Waals surface area contributed by atoms with Crippen molar-refractivity contribution in [3.8, 4) is 17.2 Å². The van der Waals surface area contributed by atoms with Crippen LogP contribution in [0.15, 0.2) is 47.0 Å². The molecule has 12 heteroatoms. The second-order valence-electron chi connectivity index (χ2n) is 5.93. The Labute approximate surface area is 201 Å². The maximum Gasteiger partial charge on any atom is 0.422 e. The summed E-state index contributed by atoms with van der Waals surface area (Å²) < 4.78 is 57.0. The number of carbonyl (C=O) groups excluding carboxylic acids is 1. The standard InChI is InChI=1S/C20H15Cl4F3O5/c21-15-9-14(29-6-5-17(23)24)10-16(22)18(15)30-7-8-31-19(28)12-1-3-13(4-2-12)32-11-20(25,26)27/h1-5,9-10H,6-8,11H2. The molecule has 174 valence electrons. The number of hydrogen-bond donors (Lipinski definition) is 0. The van der Waals surface area contributed by atoms with Crippen molar-refractivity contribution in [1.82, 2.24) is 0 Å². The second kappa shape index (κ2) is 12.3. The quantitative estimate of drug-likeness (QED) is 0.246. The van der Waals surface area contributed by atoms with Crippen LogP contribution >= 0.6 is 46.4 Å². The molecule has 0 heterocycles. The molecule has 5 nitrogen and oxygen atoms in total. The predicted octanol–water partition coefficient (Wildman–Crippen LogP) is 6.87. The first-order valence-electron chi connectivity index (χ1n) is 8.77. The molecule has 0 aliphatic heterocycles. The van der Waals surface area contributed by atoms with Crippen molar-refractivity contribution in [2.24, 2.45) is 0 Å². The average Bonchev–Trinajstić information content (AvgIpc) is 2.70. The highest BCUT2D eigenvalue weighted by Gasteiger charge is 2.28. The summed E-state index contributed by atoms with van der Waals surface area (Å²) in [6.07, 6.45) is -3.01. The van der Waals surface area contributed by atoms with Crippen LogP contribution in [-0.4, -0.2) is 38.6 Å². The number of alkyl halides is 3. The average molecular weight is 534 g/mol. The topological polar surface area (TPSA) is 54.0 Å². The Morgan fingerprint density at radius 1 is 0.906 bits per heavy atom. The molecule has 0 aromatic heterocycles. The molecule has 0 unspecified atom stereocenters. The Hall–Kier alpha value is -2.00. The van der Waals surface area contributed by atoms with Crippen LogP contribution in [0.4, 0.5) is 13.2 Å². The molecule has 0 aliphatic rings. The van der Waals surface area contributed by atoms with Crippen molar-refractivity contribution in [2.75, 3.05) is 26.4 Å². The molecule has 0 amide bonds. The van der Waals surface area contributed by atoms with Crippen molar-refractivity contribution >= 4 is 52.4 Å². The molecular weight excluding hydrogens is 519 g/mol. The van der Waals surface area contributed by atoms with Crippen LogP contribution in [0.25, 0.3) is 0 Å². The molecule has 0 spiro atoms. The zero-order valence-electron chi connectivity index (χ0n) is 16.1. The Morgan fingerprint density at radius 2 is 1.53 bits per heavy atom. The van der Waals surface area contributed by atoms with E-state index in [2.05, 4.69) is 4.74 Å². The summed E-state index contributed by atoms with van der Waals surface area (Å²) in [6, 6.07) is 8.00. The molecule has 0 bridgehead atoms. The molecule has 0 radical (unpaired) electrons. The van der Waals surface area contributed by atoms with E-state index >= 15 is 0 Å². The fourth-order valence-corrected chi connectivity index (χ4v) is 2.87. The lowest BCUT2D eigenvalue weighted by Crippen LogP contribution is -2.19. The van der Waals surface area contributed by atoms with Gasteiger partial charge in [0.25, 0.3) is 0 Å². The first-order chi connectivity index (χ1) is 15.0. The van der Waals surface area contributed by atoms with E-state index in [1.807, 2.05) is 0 Å². The van der Waals surface area contributed by atoms with Gasteiger partial charge in [0.1, 0.15) is 35.8 Å². The molecule has 2 aromatic carbocycles. The molecule has 0 saturated heterocycles. The molecular formula is C20H15Cl4F3O5. The van der Waals surface area contributed by atoms with Gasteiger partial charge in [-0.05, 0) is 30.3 Å². The Morgan fingerprint density at radius 3 is 2.09 bits per heavy atom. The van der Waals surface area contributed by atoms with Crippen molar-refractivity contribution in [2.45, 2.75) is 6.18 Å². The highest BCUT2D eigenvalue weighted by Crippen LogP contribution is 2.37. The Bertz CT molecular complexity index is 922. The van der Waals surface area contributed by atoms with Crippen LogP contribution in [-0.2, 0) is 4.74 Å². The minimum Gasteiger partial charge on any atom is -0.489 e. The number of benzene rings is 2. The van der Waals surface area contributed by atoms with Crippen molar-refractivity contribution < 1.29 is 36.9 Å². The molecule has 2 rings (SSSR count). The summed E-state index contributed by atoms with van der Waals surface area (Å²) in [5.41, 5.74) is 0.132. The van der Waals surface area contributed by atoms with E-state index in [-0.39, 0.29) is 51.4 Å². The van der Waals surface area contributed by atoms with Crippen LogP contribution in [0.3, 0.4) is 0 Å².